The van der Waals surface area contributed by atoms with Gasteiger partial charge in [0.25, 0.3) is 0 Å². The van der Waals surface area contributed by atoms with Crippen LogP contribution in [0.5, 0.6) is 0 Å². The van der Waals surface area contributed by atoms with Crippen molar-refractivity contribution in [3.05, 3.63) is 47.8 Å². The van der Waals surface area contributed by atoms with Crippen LogP contribution in [0.15, 0.2) is 41.1 Å². The Morgan fingerprint density at radius 3 is 2.77 bits per heavy atom. The molecule has 1 aromatic carbocycles. The maximum atomic E-state index is 5.85. The Labute approximate surface area is 141 Å². The quantitative estimate of drug-likeness (QED) is 0.510. The molecule has 0 saturated carbocycles. The van der Waals surface area contributed by atoms with E-state index >= 15 is 0 Å². The van der Waals surface area contributed by atoms with Crippen LogP contribution in [0.1, 0.15) is 11.3 Å². The fraction of sp³-hybridized carbons (Fsp3) is 0.133. The highest BCUT2D eigenvalue weighted by molar-refractivity contribution is 14.1. The fourth-order valence-electron chi connectivity index (χ4n) is 2.06. The first-order valence-corrected chi connectivity index (χ1v) is 7.74. The molecule has 0 aliphatic rings. The molecule has 0 radical (unpaired) electrons. The van der Waals surface area contributed by atoms with Crippen molar-refractivity contribution < 1.29 is 4.52 Å². The van der Waals surface area contributed by atoms with Crippen LogP contribution < -0.4 is 9.26 Å². The summed E-state index contributed by atoms with van der Waals surface area (Å²) < 4.78 is 8.46. The van der Waals surface area contributed by atoms with Gasteiger partial charge in [-0.15, -0.1) is 0 Å². The van der Waals surface area contributed by atoms with Gasteiger partial charge in [-0.05, 0) is 12.5 Å². The Balaban J connectivity index is 1.91. The summed E-state index contributed by atoms with van der Waals surface area (Å²) in [5, 5.41) is 4.09. The maximum absolute atomic E-state index is 5.85. The van der Waals surface area contributed by atoms with Gasteiger partial charge in [-0.3, -0.25) is 3.53 Å². The average Bonchev–Trinajstić information content (AvgIpc) is 3.00. The summed E-state index contributed by atoms with van der Waals surface area (Å²) in [6.07, 6.45) is 1.62. The molecule has 0 amide bonds. The molecule has 0 fully saturated rings. The molecular weight excluding hydrogens is 393 g/mol. The number of aryl methyl sites for hydroxylation is 1. The smallest absolute Gasteiger partial charge is 0.189 e. The van der Waals surface area contributed by atoms with E-state index in [1.807, 2.05) is 25.1 Å². The zero-order valence-electron chi connectivity index (χ0n) is 11.9. The van der Waals surface area contributed by atoms with Gasteiger partial charge in [0.2, 0.25) is 0 Å². The summed E-state index contributed by atoms with van der Waals surface area (Å²) >= 11 is 2.12. The van der Waals surface area contributed by atoms with E-state index in [9.17, 15) is 0 Å². The molecular formula is C15H14IN5O. The predicted octanol–water partition coefficient (Wildman–Crippen LogP) is 3.13. The second kappa shape index (κ2) is 6.41. The minimum atomic E-state index is 0.330. The standard InChI is InChI=1S/C15H14IN5O/c1-9-7-18-15(17)14(20-9)13-6-12(21-22-13)11-4-2-10(3-5-11)8-19-16/h2-7,19H,8H2,1H3,(H2,17,18). The lowest BCUT2D eigenvalue weighted by Crippen LogP contribution is -1.97. The van der Waals surface area contributed by atoms with Crippen molar-refractivity contribution in [2.45, 2.75) is 13.5 Å². The zero-order chi connectivity index (χ0) is 15.5. The molecule has 0 unspecified atom stereocenters. The van der Waals surface area contributed by atoms with Crippen LogP contribution >= 0.6 is 22.9 Å². The molecule has 0 spiro atoms. The molecule has 7 heteroatoms. The zero-order valence-corrected chi connectivity index (χ0v) is 14.0. The lowest BCUT2D eigenvalue weighted by molar-refractivity contribution is 0.433. The number of nitrogens with one attached hydrogen (secondary N) is 1. The lowest BCUT2D eigenvalue weighted by atomic mass is 10.1. The number of hydrogen-bond acceptors (Lipinski definition) is 6. The van der Waals surface area contributed by atoms with Crippen LogP contribution in [0.2, 0.25) is 0 Å². The molecule has 0 saturated heterocycles. The number of nitrogens with two attached hydrogens (primary N) is 1. The van der Waals surface area contributed by atoms with Gasteiger partial charge < -0.3 is 10.3 Å². The van der Waals surface area contributed by atoms with Crippen molar-refractivity contribution in [2.24, 2.45) is 0 Å². The molecule has 6 nitrogen and oxygen atoms in total. The minimum Gasteiger partial charge on any atom is -0.382 e. The predicted molar refractivity (Wildman–Crippen MR) is 93.0 cm³/mol. The van der Waals surface area contributed by atoms with E-state index in [-0.39, 0.29) is 0 Å². The molecule has 0 bridgehead atoms. The lowest BCUT2D eigenvalue weighted by Gasteiger charge is -2.00. The highest BCUT2D eigenvalue weighted by Gasteiger charge is 2.13. The van der Waals surface area contributed by atoms with E-state index in [1.54, 1.807) is 6.20 Å². The number of rotatable bonds is 4. The largest absolute Gasteiger partial charge is 0.382 e. The summed E-state index contributed by atoms with van der Waals surface area (Å²) in [4.78, 5) is 8.45. The van der Waals surface area contributed by atoms with Gasteiger partial charge in [-0.1, -0.05) is 29.4 Å². The van der Waals surface area contributed by atoms with E-state index in [1.165, 1.54) is 5.56 Å². The SMILES string of the molecule is Cc1cnc(N)c(-c2cc(-c3ccc(CNI)cc3)no2)n1. The molecule has 3 N–H and O–H groups in total. The van der Waals surface area contributed by atoms with Crippen LogP contribution in [-0.4, -0.2) is 15.1 Å². The molecule has 3 aromatic rings. The molecule has 0 aliphatic heterocycles. The molecule has 112 valence electrons. The van der Waals surface area contributed by atoms with Crippen molar-refractivity contribution >= 4 is 28.7 Å². The fourth-order valence-corrected chi connectivity index (χ4v) is 2.50. The van der Waals surface area contributed by atoms with Crippen LogP contribution in [0.4, 0.5) is 5.82 Å². The van der Waals surface area contributed by atoms with Crippen LogP contribution in [0.25, 0.3) is 22.7 Å². The number of benzene rings is 1. The second-order valence-corrected chi connectivity index (χ2v) is 5.59. The topological polar surface area (TPSA) is 89.9 Å². The van der Waals surface area contributed by atoms with Gasteiger partial charge in [0.15, 0.2) is 17.3 Å². The third kappa shape index (κ3) is 3.09. The number of hydrogen-bond donors (Lipinski definition) is 2. The Hall–Kier alpha value is -2.00. The Bertz CT molecular complexity index is 785. The number of nitrogens with zero attached hydrogens (tertiary/aromatic N) is 3. The normalized spacial score (nSPS) is 10.8. The van der Waals surface area contributed by atoms with Crippen LogP contribution in [-0.2, 0) is 6.54 Å². The van der Waals surface area contributed by atoms with Gasteiger partial charge in [-0.25, -0.2) is 9.97 Å². The Morgan fingerprint density at radius 1 is 1.27 bits per heavy atom. The van der Waals surface area contributed by atoms with Gasteiger partial charge in [0.05, 0.1) is 11.9 Å². The van der Waals surface area contributed by atoms with E-state index in [0.29, 0.717) is 17.3 Å². The third-order valence-electron chi connectivity index (χ3n) is 3.19. The maximum Gasteiger partial charge on any atom is 0.189 e. The summed E-state index contributed by atoms with van der Waals surface area (Å²) in [5.74, 6) is 0.846. The number of aromatic nitrogens is 3. The highest BCUT2D eigenvalue weighted by atomic mass is 127. The van der Waals surface area contributed by atoms with Crippen molar-refractivity contribution in [3.8, 4) is 22.7 Å². The average molecular weight is 407 g/mol. The Kier molecular flexibility index (Phi) is 4.34. The van der Waals surface area contributed by atoms with Crippen LogP contribution in [0, 0.1) is 6.92 Å². The third-order valence-corrected chi connectivity index (χ3v) is 3.57. The van der Waals surface area contributed by atoms with Gasteiger partial charge in [-0.2, -0.15) is 0 Å². The highest BCUT2D eigenvalue weighted by Crippen LogP contribution is 2.27. The second-order valence-electron chi connectivity index (χ2n) is 4.83. The van der Waals surface area contributed by atoms with Gasteiger partial charge in [0, 0.05) is 41.0 Å². The van der Waals surface area contributed by atoms with Crippen molar-refractivity contribution in [2.75, 3.05) is 5.73 Å². The first-order valence-electron chi connectivity index (χ1n) is 6.66. The van der Waals surface area contributed by atoms with Crippen molar-refractivity contribution in [1.82, 2.24) is 18.7 Å². The number of anilines is 1. The first kappa shape index (κ1) is 14.9. The summed E-state index contributed by atoms with van der Waals surface area (Å²) in [6, 6.07) is 9.95. The van der Waals surface area contributed by atoms with Crippen molar-refractivity contribution in [1.29, 1.82) is 0 Å². The Morgan fingerprint density at radius 2 is 2.05 bits per heavy atom. The molecule has 2 heterocycles. The molecule has 0 atom stereocenters. The van der Waals surface area contributed by atoms with E-state index in [4.69, 9.17) is 10.3 Å². The number of halogens is 1. The summed E-state index contributed by atoms with van der Waals surface area (Å²) in [6.45, 7) is 2.67. The molecule has 2 aromatic heterocycles. The molecule has 0 aliphatic carbocycles. The van der Waals surface area contributed by atoms with E-state index < -0.39 is 0 Å². The summed E-state index contributed by atoms with van der Waals surface area (Å²) in [5.41, 5.74) is 10.1. The van der Waals surface area contributed by atoms with E-state index in [0.717, 1.165) is 23.5 Å². The van der Waals surface area contributed by atoms with E-state index in [2.05, 4.69) is 53.7 Å². The first-order chi connectivity index (χ1) is 10.7. The number of nitrogen functional groups attached to an aromatic ring is 1. The van der Waals surface area contributed by atoms with Gasteiger partial charge in [0.1, 0.15) is 5.69 Å². The summed E-state index contributed by atoms with van der Waals surface area (Å²) in [7, 11) is 0. The van der Waals surface area contributed by atoms with Crippen LogP contribution in [0.3, 0.4) is 0 Å². The monoisotopic (exact) mass is 407 g/mol. The molecule has 3 rings (SSSR count). The minimum absolute atomic E-state index is 0.330. The van der Waals surface area contributed by atoms with Gasteiger partial charge >= 0.3 is 0 Å². The van der Waals surface area contributed by atoms with Crippen molar-refractivity contribution in [3.63, 3.8) is 0 Å². The molecule has 22 heavy (non-hydrogen) atoms.